The molecule has 1 aliphatic heterocycles. The van der Waals surface area contributed by atoms with Crippen LogP contribution in [-0.4, -0.2) is 32.9 Å². The Morgan fingerprint density at radius 3 is 2.32 bits per heavy atom. The first kappa shape index (κ1) is 17.1. The summed E-state index contributed by atoms with van der Waals surface area (Å²) >= 11 is 0. The number of carbonyl (C=O) groups excluding carboxylic acids is 1. The highest BCUT2D eigenvalue weighted by atomic mass is 19.4. The predicted molar refractivity (Wildman–Crippen MR) is 83.6 cm³/mol. The molecule has 8 heteroatoms. The van der Waals surface area contributed by atoms with E-state index < -0.39 is 29.9 Å². The third-order valence-electron chi connectivity index (χ3n) is 3.95. The van der Waals surface area contributed by atoms with Crippen molar-refractivity contribution < 1.29 is 23.1 Å². The van der Waals surface area contributed by atoms with E-state index in [-0.39, 0.29) is 11.1 Å². The fourth-order valence-electron chi connectivity index (χ4n) is 2.58. The third kappa shape index (κ3) is 3.12. The molecule has 1 N–H and O–H groups in total. The number of pyridine rings is 1. The summed E-state index contributed by atoms with van der Waals surface area (Å²) in [7, 11) is 0. The van der Waals surface area contributed by atoms with Crippen LogP contribution in [0.4, 0.5) is 13.2 Å². The van der Waals surface area contributed by atoms with E-state index in [1.54, 1.807) is 12.1 Å². The maximum Gasteiger partial charge on any atom is 0.431 e. The molecule has 0 saturated heterocycles. The molecular formula is C17H14F3N3O2. The molecule has 3 rings (SSSR count). The second kappa shape index (κ2) is 5.96. The molecule has 2 heterocycles. The Bertz CT molecular complexity index is 819. The van der Waals surface area contributed by atoms with E-state index in [1.165, 1.54) is 36.7 Å². The first-order chi connectivity index (χ1) is 11.7. The number of benzene rings is 1. The zero-order valence-corrected chi connectivity index (χ0v) is 13.2. The van der Waals surface area contributed by atoms with Crippen LogP contribution in [0.2, 0.25) is 0 Å². The van der Waals surface area contributed by atoms with Crippen molar-refractivity contribution in [2.45, 2.75) is 25.2 Å². The van der Waals surface area contributed by atoms with Crippen molar-refractivity contribution >= 4 is 11.6 Å². The Kier molecular flexibility index (Phi) is 4.08. The average Bonchev–Trinajstić information content (AvgIpc) is 2.95. The first-order valence-corrected chi connectivity index (χ1v) is 7.40. The standard InChI is InChI=1S/C17H14F3N3O2/c1-11-2-4-12(5-3-11)15(24)23-16(25,13-6-8-21-9-7-13)10-14(22-23)17(18,19)20/h2-9,25H,10H2,1H3/t16-/m1/s1. The molecule has 1 amide bonds. The molecule has 0 unspecified atom stereocenters. The van der Waals surface area contributed by atoms with Gasteiger partial charge in [0.05, 0.1) is 6.42 Å². The predicted octanol–water partition coefficient (Wildman–Crippen LogP) is 3.00. The first-order valence-electron chi connectivity index (χ1n) is 7.40. The van der Waals surface area contributed by atoms with E-state index in [2.05, 4.69) is 10.1 Å². The third-order valence-corrected chi connectivity index (χ3v) is 3.95. The summed E-state index contributed by atoms with van der Waals surface area (Å²) in [5.74, 6) is -0.821. The van der Waals surface area contributed by atoms with E-state index >= 15 is 0 Å². The second-order valence-electron chi connectivity index (χ2n) is 5.76. The summed E-state index contributed by atoms with van der Waals surface area (Å²) in [6.07, 6.45) is -2.94. The van der Waals surface area contributed by atoms with Crippen molar-refractivity contribution in [3.63, 3.8) is 0 Å². The Morgan fingerprint density at radius 1 is 1.16 bits per heavy atom. The number of hydrazone groups is 1. The zero-order chi connectivity index (χ0) is 18.2. The molecule has 1 aromatic heterocycles. The quantitative estimate of drug-likeness (QED) is 0.906. The van der Waals surface area contributed by atoms with Crippen molar-refractivity contribution in [1.29, 1.82) is 0 Å². The molecule has 0 radical (unpaired) electrons. The van der Waals surface area contributed by atoms with Gasteiger partial charge in [-0.1, -0.05) is 17.7 Å². The van der Waals surface area contributed by atoms with Crippen LogP contribution in [0.1, 0.15) is 27.9 Å². The molecule has 1 aliphatic rings. The highest BCUT2D eigenvalue weighted by Crippen LogP contribution is 2.40. The smallest absolute Gasteiger partial charge is 0.365 e. The monoisotopic (exact) mass is 349 g/mol. The topological polar surface area (TPSA) is 65.8 Å². The van der Waals surface area contributed by atoms with Gasteiger partial charge in [-0.25, -0.2) is 0 Å². The average molecular weight is 349 g/mol. The van der Waals surface area contributed by atoms with E-state index in [1.807, 2.05) is 6.92 Å². The van der Waals surface area contributed by atoms with Gasteiger partial charge >= 0.3 is 6.18 Å². The number of carbonyl (C=O) groups is 1. The number of hydrogen-bond acceptors (Lipinski definition) is 4. The number of aliphatic hydroxyl groups is 1. The van der Waals surface area contributed by atoms with Gasteiger partial charge in [0.2, 0.25) is 0 Å². The summed E-state index contributed by atoms with van der Waals surface area (Å²) < 4.78 is 39.4. The number of rotatable bonds is 2. The molecule has 1 atom stereocenters. The SMILES string of the molecule is Cc1ccc(C(=O)N2N=C(C(F)(F)F)C[C@@]2(O)c2ccncc2)cc1. The van der Waals surface area contributed by atoms with Crippen LogP contribution in [0, 0.1) is 6.92 Å². The van der Waals surface area contributed by atoms with Crippen molar-refractivity contribution in [3.05, 3.63) is 65.5 Å². The molecular weight excluding hydrogens is 335 g/mol. The van der Waals surface area contributed by atoms with Crippen LogP contribution in [0.3, 0.4) is 0 Å². The van der Waals surface area contributed by atoms with Gasteiger partial charge in [-0.15, -0.1) is 0 Å². The van der Waals surface area contributed by atoms with Crippen LogP contribution in [0.25, 0.3) is 0 Å². The summed E-state index contributed by atoms with van der Waals surface area (Å²) in [5.41, 5.74) is -2.32. The number of aryl methyl sites for hydroxylation is 1. The van der Waals surface area contributed by atoms with Gasteiger partial charge in [0.15, 0.2) is 5.72 Å². The number of alkyl halides is 3. The fraction of sp³-hybridized carbons (Fsp3) is 0.235. The summed E-state index contributed by atoms with van der Waals surface area (Å²) in [6, 6.07) is 8.97. The minimum atomic E-state index is -4.75. The Labute approximate surface area is 141 Å². The number of nitrogens with zero attached hydrogens (tertiary/aromatic N) is 3. The van der Waals surface area contributed by atoms with E-state index in [0.29, 0.717) is 5.01 Å². The highest BCUT2D eigenvalue weighted by molar-refractivity contribution is 5.99. The maximum absolute atomic E-state index is 13.1. The van der Waals surface area contributed by atoms with Crippen LogP contribution in [-0.2, 0) is 5.72 Å². The molecule has 130 valence electrons. The molecule has 0 bridgehead atoms. The van der Waals surface area contributed by atoms with Crippen LogP contribution in [0.15, 0.2) is 53.9 Å². The number of hydrogen-bond donors (Lipinski definition) is 1. The highest BCUT2D eigenvalue weighted by Gasteiger charge is 2.53. The summed E-state index contributed by atoms with van der Waals surface area (Å²) in [4.78, 5) is 16.5. The summed E-state index contributed by atoms with van der Waals surface area (Å²) in [6.45, 7) is 1.82. The summed E-state index contributed by atoms with van der Waals surface area (Å²) in [5, 5.41) is 14.8. The van der Waals surface area contributed by atoms with Gasteiger partial charge < -0.3 is 5.11 Å². The van der Waals surface area contributed by atoms with Gasteiger partial charge in [-0.3, -0.25) is 9.78 Å². The Hall–Kier alpha value is -2.74. The fourth-order valence-corrected chi connectivity index (χ4v) is 2.58. The second-order valence-corrected chi connectivity index (χ2v) is 5.76. The molecule has 0 saturated carbocycles. The zero-order valence-electron chi connectivity index (χ0n) is 13.2. The largest absolute Gasteiger partial charge is 0.431 e. The molecule has 5 nitrogen and oxygen atoms in total. The molecule has 0 fully saturated rings. The van der Waals surface area contributed by atoms with Gasteiger partial charge in [-0.2, -0.15) is 23.3 Å². The van der Waals surface area contributed by atoms with Crippen LogP contribution < -0.4 is 0 Å². The van der Waals surface area contributed by atoms with Crippen molar-refractivity contribution in [2.75, 3.05) is 0 Å². The normalized spacial score (nSPS) is 20.5. The van der Waals surface area contributed by atoms with E-state index in [4.69, 9.17) is 0 Å². The van der Waals surface area contributed by atoms with Crippen molar-refractivity contribution in [2.24, 2.45) is 5.10 Å². The molecule has 0 spiro atoms. The molecule has 2 aromatic rings. The minimum Gasteiger partial charge on any atom is -0.365 e. The number of amides is 1. The van der Waals surface area contributed by atoms with Crippen LogP contribution in [0.5, 0.6) is 0 Å². The Morgan fingerprint density at radius 2 is 1.76 bits per heavy atom. The van der Waals surface area contributed by atoms with Gasteiger partial charge in [0.1, 0.15) is 5.71 Å². The molecule has 25 heavy (non-hydrogen) atoms. The molecule has 1 aromatic carbocycles. The van der Waals surface area contributed by atoms with Crippen molar-refractivity contribution in [3.8, 4) is 0 Å². The maximum atomic E-state index is 13.1. The van der Waals surface area contributed by atoms with Crippen LogP contribution >= 0.6 is 0 Å². The van der Waals surface area contributed by atoms with Gasteiger partial charge in [0.25, 0.3) is 5.91 Å². The van der Waals surface area contributed by atoms with Gasteiger partial charge in [0, 0.05) is 23.5 Å². The molecule has 0 aliphatic carbocycles. The number of aromatic nitrogens is 1. The number of halogens is 3. The Balaban J connectivity index is 2.06. The van der Waals surface area contributed by atoms with E-state index in [9.17, 15) is 23.1 Å². The lowest BCUT2D eigenvalue weighted by atomic mass is 9.97. The van der Waals surface area contributed by atoms with Gasteiger partial charge in [-0.05, 0) is 31.2 Å². The van der Waals surface area contributed by atoms with Crippen molar-refractivity contribution in [1.82, 2.24) is 9.99 Å². The lowest BCUT2D eigenvalue weighted by Gasteiger charge is -2.31. The minimum absolute atomic E-state index is 0.103. The van der Waals surface area contributed by atoms with E-state index in [0.717, 1.165) is 5.56 Å². The lowest BCUT2D eigenvalue weighted by Crippen LogP contribution is -2.43. The lowest BCUT2D eigenvalue weighted by molar-refractivity contribution is -0.0816.